The van der Waals surface area contributed by atoms with Crippen molar-refractivity contribution in [3.63, 3.8) is 0 Å². The van der Waals surface area contributed by atoms with Gasteiger partial charge in [-0.15, -0.1) is 11.3 Å². The summed E-state index contributed by atoms with van der Waals surface area (Å²) in [6.07, 6.45) is 2.53. The lowest BCUT2D eigenvalue weighted by Crippen LogP contribution is -2.12. The highest BCUT2D eigenvalue weighted by molar-refractivity contribution is 7.12. The molecule has 12 heteroatoms. The van der Waals surface area contributed by atoms with E-state index in [1.54, 1.807) is 35.0 Å². The van der Waals surface area contributed by atoms with Gasteiger partial charge in [0, 0.05) is 27.4 Å². The molecule has 0 saturated heterocycles. The van der Waals surface area contributed by atoms with E-state index in [0.29, 0.717) is 33.8 Å². The van der Waals surface area contributed by atoms with E-state index in [1.807, 2.05) is 12.3 Å². The zero-order valence-corrected chi connectivity index (χ0v) is 19.0. The van der Waals surface area contributed by atoms with Gasteiger partial charge in [-0.25, -0.2) is 0 Å². The highest BCUT2D eigenvalue weighted by Gasteiger charge is 2.15. The number of thiophene rings is 1. The second-order valence-electron chi connectivity index (χ2n) is 6.96. The van der Waals surface area contributed by atoms with Gasteiger partial charge in [0.25, 0.3) is 5.91 Å². The van der Waals surface area contributed by atoms with Crippen LogP contribution in [-0.2, 0) is 13.1 Å². The summed E-state index contributed by atoms with van der Waals surface area (Å²) in [5, 5.41) is 24.9. The molecule has 3 aromatic heterocycles. The summed E-state index contributed by atoms with van der Waals surface area (Å²) >= 11 is 13.8. The fourth-order valence-corrected chi connectivity index (χ4v) is 4.36. The molecule has 0 unspecified atom stereocenters. The molecule has 0 saturated carbocycles. The monoisotopic (exact) mass is 490 g/mol. The number of halogens is 2. The first-order chi connectivity index (χ1) is 15.3. The molecule has 1 aromatic carbocycles. The lowest BCUT2D eigenvalue weighted by atomic mass is 10.2. The molecule has 3 heterocycles. The molecule has 9 nitrogen and oxygen atoms in total. The molecule has 32 heavy (non-hydrogen) atoms. The summed E-state index contributed by atoms with van der Waals surface area (Å²) < 4.78 is 3.17. The van der Waals surface area contributed by atoms with Crippen molar-refractivity contribution in [1.29, 1.82) is 0 Å². The quantitative estimate of drug-likeness (QED) is 0.289. The van der Waals surface area contributed by atoms with Gasteiger partial charge in [-0.1, -0.05) is 29.3 Å². The van der Waals surface area contributed by atoms with Gasteiger partial charge in [-0.2, -0.15) is 10.2 Å². The second kappa shape index (κ2) is 9.11. The molecule has 0 fully saturated rings. The Balaban J connectivity index is 1.43. The molecule has 0 bridgehead atoms. The van der Waals surface area contributed by atoms with Crippen LogP contribution < -0.4 is 5.32 Å². The van der Waals surface area contributed by atoms with Crippen LogP contribution in [0.3, 0.4) is 0 Å². The van der Waals surface area contributed by atoms with E-state index in [2.05, 4.69) is 15.5 Å². The Kier molecular flexibility index (Phi) is 6.26. The fraction of sp³-hybridized carbons (Fsp3) is 0.150. The van der Waals surface area contributed by atoms with Crippen LogP contribution in [0.5, 0.6) is 0 Å². The van der Waals surface area contributed by atoms with E-state index in [-0.39, 0.29) is 11.6 Å². The number of aromatic nitrogens is 4. The lowest BCUT2D eigenvalue weighted by Gasteiger charge is -2.08. The number of nitrogens with one attached hydrogen (secondary N) is 1. The van der Waals surface area contributed by atoms with Crippen LogP contribution in [0, 0.1) is 17.0 Å². The highest BCUT2D eigenvalue weighted by atomic mass is 35.5. The summed E-state index contributed by atoms with van der Waals surface area (Å²) in [6, 6.07) is 8.79. The predicted molar refractivity (Wildman–Crippen MR) is 123 cm³/mol. The number of anilines is 1. The smallest absolute Gasteiger partial charge is 0.304 e. The van der Waals surface area contributed by atoms with Crippen molar-refractivity contribution >= 4 is 52.0 Å². The Hall–Kier alpha value is -3.21. The minimum absolute atomic E-state index is 0.0813. The van der Waals surface area contributed by atoms with Gasteiger partial charge in [0.15, 0.2) is 5.82 Å². The minimum atomic E-state index is -0.503. The van der Waals surface area contributed by atoms with Crippen LogP contribution >= 0.6 is 34.5 Å². The number of carbonyl (C=O) groups is 1. The van der Waals surface area contributed by atoms with Crippen molar-refractivity contribution < 1.29 is 9.72 Å². The van der Waals surface area contributed by atoms with Crippen LogP contribution in [-0.4, -0.2) is 30.4 Å². The number of amides is 1. The molecule has 0 atom stereocenters. The average molecular weight is 491 g/mol. The zero-order valence-electron chi connectivity index (χ0n) is 16.7. The van der Waals surface area contributed by atoms with Crippen LogP contribution in [0.2, 0.25) is 10.0 Å². The standard InChI is InChI=1S/C20H16Cl2N6O3S/c1-12-5-19(25-27(12)10-15-16(21)3-2-4-17(15)22)24-20(29)18-6-13(11-32-18)8-26-9-14(7-23-26)28(30)31/h2-7,9,11H,8,10H2,1H3,(H,24,25,29). The molecular formula is C20H16Cl2N6O3S. The van der Waals surface area contributed by atoms with Crippen molar-refractivity contribution in [2.75, 3.05) is 5.32 Å². The largest absolute Gasteiger partial charge is 0.307 e. The first kappa shape index (κ1) is 22.0. The highest BCUT2D eigenvalue weighted by Crippen LogP contribution is 2.26. The van der Waals surface area contributed by atoms with Gasteiger partial charge >= 0.3 is 5.69 Å². The summed E-state index contributed by atoms with van der Waals surface area (Å²) in [5.74, 6) is 0.112. The van der Waals surface area contributed by atoms with Crippen molar-refractivity contribution in [1.82, 2.24) is 19.6 Å². The van der Waals surface area contributed by atoms with E-state index in [9.17, 15) is 14.9 Å². The van der Waals surface area contributed by atoms with Crippen LogP contribution in [0.15, 0.2) is 48.1 Å². The Morgan fingerprint density at radius 2 is 2.00 bits per heavy atom. The Bertz CT molecular complexity index is 1290. The van der Waals surface area contributed by atoms with E-state index < -0.39 is 4.92 Å². The minimum Gasteiger partial charge on any atom is -0.304 e. The summed E-state index contributed by atoms with van der Waals surface area (Å²) in [4.78, 5) is 23.4. The molecule has 0 aliphatic rings. The fourth-order valence-electron chi connectivity index (χ4n) is 3.04. The molecule has 164 valence electrons. The summed E-state index contributed by atoms with van der Waals surface area (Å²) in [7, 11) is 0. The SMILES string of the molecule is Cc1cc(NC(=O)c2cc(Cn3cc([N+](=O)[O-])cn3)cs2)nn1Cc1c(Cl)cccc1Cl. The van der Waals surface area contributed by atoms with Crippen molar-refractivity contribution in [3.05, 3.63) is 90.0 Å². The van der Waals surface area contributed by atoms with Crippen molar-refractivity contribution in [2.24, 2.45) is 0 Å². The maximum atomic E-state index is 12.7. The topological polar surface area (TPSA) is 108 Å². The average Bonchev–Trinajstić information content (AvgIpc) is 3.46. The molecule has 0 spiro atoms. The summed E-state index contributed by atoms with van der Waals surface area (Å²) in [5.41, 5.74) is 2.32. The van der Waals surface area contributed by atoms with E-state index in [0.717, 1.165) is 16.8 Å². The van der Waals surface area contributed by atoms with Gasteiger partial charge in [-0.3, -0.25) is 24.3 Å². The zero-order chi connectivity index (χ0) is 22.8. The van der Waals surface area contributed by atoms with Crippen LogP contribution in [0.1, 0.15) is 26.5 Å². The number of hydrogen-bond donors (Lipinski definition) is 1. The number of benzene rings is 1. The number of aryl methyl sites for hydroxylation is 1. The lowest BCUT2D eigenvalue weighted by molar-refractivity contribution is -0.385. The third-order valence-electron chi connectivity index (χ3n) is 4.64. The van der Waals surface area contributed by atoms with Crippen molar-refractivity contribution in [3.8, 4) is 0 Å². The second-order valence-corrected chi connectivity index (χ2v) is 8.68. The van der Waals surface area contributed by atoms with Crippen LogP contribution in [0.25, 0.3) is 0 Å². The molecule has 0 radical (unpaired) electrons. The number of nitrogens with zero attached hydrogens (tertiary/aromatic N) is 5. The van der Waals surface area contributed by atoms with Gasteiger partial charge in [0.1, 0.15) is 12.4 Å². The maximum Gasteiger partial charge on any atom is 0.307 e. The Labute approximate surface area is 196 Å². The molecule has 1 N–H and O–H groups in total. The van der Waals surface area contributed by atoms with Crippen LogP contribution in [0.4, 0.5) is 11.5 Å². The number of hydrogen-bond acceptors (Lipinski definition) is 6. The molecule has 4 rings (SSSR count). The number of carbonyl (C=O) groups excluding carboxylic acids is 1. The van der Waals surface area contributed by atoms with Gasteiger partial charge < -0.3 is 5.32 Å². The third kappa shape index (κ3) is 4.82. The predicted octanol–water partition coefficient (Wildman–Crippen LogP) is 5.01. The van der Waals surface area contributed by atoms with E-state index in [1.165, 1.54) is 28.4 Å². The first-order valence-corrected chi connectivity index (χ1v) is 11.0. The number of nitro groups is 1. The van der Waals surface area contributed by atoms with Gasteiger partial charge in [0.2, 0.25) is 0 Å². The Morgan fingerprint density at radius 3 is 2.69 bits per heavy atom. The normalized spacial score (nSPS) is 11.0. The molecular weight excluding hydrogens is 475 g/mol. The molecule has 0 aliphatic heterocycles. The third-order valence-corrected chi connectivity index (χ3v) is 6.33. The molecule has 1 amide bonds. The van der Waals surface area contributed by atoms with Crippen molar-refractivity contribution in [2.45, 2.75) is 20.0 Å². The first-order valence-electron chi connectivity index (χ1n) is 9.33. The number of rotatable bonds is 7. The summed E-state index contributed by atoms with van der Waals surface area (Å²) in [6.45, 7) is 2.57. The maximum absolute atomic E-state index is 12.7. The van der Waals surface area contributed by atoms with Gasteiger partial charge in [-0.05, 0) is 36.1 Å². The van der Waals surface area contributed by atoms with Gasteiger partial charge in [0.05, 0.1) is 22.9 Å². The molecule has 4 aromatic rings. The van der Waals surface area contributed by atoms with E-state index in [4.69, 9.17) is 23.2 Å². The Morgan fingerprint density at radius 1 is 1.25 bits per heavy atom. The molecule has 0 aliphatic carbocycles. The van der Waals surface area contributed by atoms with E-state index >= 15 is 0 Å².